The summed E-state index contributed by atoms with van der Waals surface area (Å²) >= 11 is 0. The van der Waals surface area contributed by atoms with Crippen molar-refractivity contribution >= 4 is 12.4 Å². The molecular formula is C23H28N2O. The van der Waals surface area contributed by atoms with Crippen LogP contribution in [0.4, 0.5) is 0 Å². The Kier molecular flexibility index (Phi) is 6.37. The Morgan fingerprint density at radius 1 is 1.12 bits per heavy atom. The van der Waals surface area contributed by atoms with E-state index in [0.717, 1.165) is 32.1 Å². The van der Waals surface area contributed by atoms with E-state index in [9.17, 15) is 4.79 Å². The predicted molar refractivity (Wildman–Crippen MR) is 108 cm³/mol. The van der Waals surface area contributed by atoms with Gasteiger partial charge in [-0.1, -0.05) is 67.6 Å². The number of hydrogen-bond acceptors (Lipinski definition) is 3. The van der Waals surface area contributed by atoms with Gasteiger partial charge in [0.05, 0.1) is 12.2 Å². The van der Waals surface area contributed by atoms with Crippen LogP contribution in [0.25, 0.3) is 6.08 Å². The van der Waals surface area contributed by atoms with Gasteiger partial charge >= 0.3 is 0 Å². The normalized spacial score (nSPS) is 20.7. The summed E-state index contributed by atoms with van der Waals surface area (Å²) in [6.07, 6.45) is 8.58. The molecule has 0 bridgehead atoms. The lowest BCUT2D eigenvalue weighted by Gasteiger charge is -2.19. The second-order valence-corrected chi connectivity index (χ2v) is 7.09. The molecule has 1 aliphatic heterocycles. The minimum absolute atomic E-state index is 0.0489. The van der Waals surface area contributed by atoms with E-state index in [2.05, 4.69) is 84.9 Å². The van der Waals surface area contributed by atoms with E-state index >= 15 is 0 Å². The summed E-state index contributed by atoms with van der Waals surface area (Å²) in [5.74, 6) is 0. The molecule has 1 N–H and O–H groups in total. The van der Waals surface area contributed by atoms with Crippen LogP contribution >= 0.6 is 0 Å². The molecule has 2 aromatic carbocycles. The number of aldehydes is 1. The van der Waals surface area contributed by atoms with Crippen molar-refractivity contribution in [2.24, 2.45) is 0 Å². The Balaban J connectivity index is 1.59. The van der Waals surface area contributed by atoms with Crippen molar-refractivity contribution < 1.29 is 4.79 Å². The number of rotatable bonds is 7. The third-order valence-electron chi connectivity index (χ3n) is 5.06. The van der Waals surface area contributed by atoms with Gasteiger partial charge in [0.1, 0.15) is 6.29 Å². The molecule has 136 valence electrons. The van der Waals surface area contributed by atoms with Crippen LogP contribution in [0, 0.1) is 0 Å². The first-order valence-corrected chi connectivity index (χ1v) is 9.43. The van der Waals surface area contributed by atoms with Gasteiger partial charge in [-0.25, -0.2) is 0 Å². The highest BCUT2D eigenvalue weighted by Crippen LogP contribution is 2.15. The fourth-order valence-corrected chi connectivity index (χ4v) is 3.45. The number of nitrogens with zero attached hydrogens (tertiary/aromatic N) is 1. The van der Waals surface area contributed by atoms with E-state index in [0.29, 0.717) is 0 Å². The summed E-state index contributed by atoms with van der Waals surface area (Å²) in [5, 5.41) is 3.37. The van der Waals surface area contributed by atoms with Crippen molar-refractivity contribution in [2.75, 3.05) is 13.6 Å². The van der Waals surface area contributed by atoms with E-state index in [1.165, 1.54) is 22.3 Å². The lowest BCUT2D eigenvalue weighted by Crippen LogP contribution is -2.36. The number of nitrogens with one attached hydrogen (secondary N) is 1. The fourth-order valence-electron chi connectivity index (χ4n) is 3.45. The van der Waals surface area contributed by atoms with Crippen LogP contribution in [0.1, 0.15) is 29.2 Å². The molecule has 1 fully saturated rings. The van der Waals surface area contributed by atoms with Gasteiger partial charge in [0.2, 0.25) is 0 Å². The third-order valence-corrected chi connectivity index (χ3v) is 5.06. The van der Waals surface area contributed by atoms with E-state index in [-0.39, 0.29) is 12.2 Å². The van der Waals surface area contributed by atoms with Crippen molar-refractivity contribution in [2.45, 2.75) is 38.4 Å². The van der Waals surface area contributed by atoms with Gasteiger partial charge in [0, 0.05) is 13.0 Å². The highest BCUT2D eigenvalue weighted by molar-refractivity contribution is 5.58. The smallest absolute Gasteiger partial charge is 0.138 e. The summed E-state index contributed by atoms with van der Waals surface area (Å²) in [5.41, 5.74) is 5.23. The number of carbonyl (C=O) groups is 1. The number of hydrogen-bond donors (Lipinski definition) is 1. The largest absolute Gasteiger partial charge is 0.302 e. The van der Waals surface area contributed by atoms with E-state index in [4.69, 9.17) is 0 Å². The number of benzene rings is 2. The summed E-state index contributed by atoms with van der Waals surface area (Å²) in [7, 11) is 2.06. The molecule has 0 saturated carbocycles. The molecule has 0 amide bonds. The SMILES string of the molecule is CCc1ccc(C/C=C/c2cccc(CC3NC(C=O)CN3C)c2)cc1. The minimum Gasteiger partial charge on any atom is -0.302 e. The highest BCUT2D eigenvalue weighted by atomic mass is 16.1. The molecule has 2 unspecified atom stereocenters. The van der Waals surface area contributed by atoms with Gasteiger partial charge in [-0.15, -0.1) is 0 Å². The van der Waals surface area contributed by atoms with Crippen LogP contribution in [0.15, 0.2) is 54.6 Å². The monoisotopic (exact) mass is 348 g/mol. The lowest BCUT2D eigenvalue weighted by molar-refractivity contribution is -0.109. The number of allylic oxidation sites excluding steroid dienone is 1. The van der Waals surface area contributed by atoms with Crippen molar-refractivity contribution in [3.8, 4) is 0 Å². The predicted octanol–water partition coefficient (Wildman–Crippen LogP) is 3.48. The number of carbonyl (C=O) groups excluding carboxylic acids is 1. The van der Waals surface area contributed by atoms with Crippen molar-refractivity contribution in [3.63, 3.8) is 0 Å². The molecule has 3 nitrogen and oxygen atoms in total. The van der Waals surface area contributed by atoms with Gasteiger partial charge < -0.3 is 4.79 Å². The Morgan fingerprint density at radius 3 is 2.58 bits per heavy atom. The topological polar surface area (TPSA) is 32.3 Å². The molecule has 26 heavy (non-hydrogen) atoms. The summed E-state index contributed by atoms with van der Waals surface area (Å²) in [4.78, 5) is 13.2. The van der Waals surface area contributed by atoms with E-state index < -0.39 is 0 Å². The summed E-state index contributed by atoms with van der Waals surface area (Å²) in [6.45, 7) is 2.96. The zero-order valence-corrected chi connectivity index (χ0v) is 15.7. The average molecular weight is 348 g/mol. The van der Waals surface area contributed by atoms with Gasteiger partial charge in [-0.05, 0) is 42.1 Å². The molecular weight excluding hydrogens is 320 g/mol. The van der Waals surface area contributed by atoms with Crippen molar-refractivity contribution in [1.29, 1.82) is 0 Å². The fraction of sp³-hybridized carbons (Fsp3) is 0.348. The maximum atomic E-state index is 11.0. The maximum Gasteiger partial charge on any atom is 0.138 e. The van der Waals surface area contributed by atoms with Gasteiger partial charge in [0.25, 0.3) is 0 Å². The Morgan fingerprint density at radius 2 is 1.88 bits per heavy atom. The average Bonchev–Trinajstić information content (AvgIpc) is 3.02. The van der Waals surface area contributed by atoms with Crippen LogP contribution in [0.2, 0.25) is 0 Å². The molecule has 3 heteroatoms. The second kappa shape index (κ2) is 8.93. The van der Waals surface area contributed by atoms with Gasteiger partial charge in [-0.3, -0.25) is 10.2 Å². The van der Waals surface area contributed by atoms with Crippen LogP contribution in [-0.4, -0.2) is 37.0 Å². The Bertz CT molecular complexity index is 751. The molecule has 1 aliphatic rings. The molecule has 3 rings (SSSR count). The first-order valence-electron chi connectivity index (χ1n) is 9.43. The standard InChI is InChI=1S/C23H28N2O/c1-3-18-10-12-19(13-11-18)6-4-7-20-8-5-9-21(14-20)15-23-24-22(17-26)16-25(23)2/h4-5,7-14,17,22-24H,3,6,15-16H2,1-2H3/b7-4+. The molecule has 0 aliphatic carbocycles. The molecule has 2 aromatic rings. The Labute approximate surface area is 156 Å². The maximum absolute atomic E-state index is 11.0. The van der Waals surface area contributed by atoms with E-state index in [1.807, 2.05) is 0 Å². The van der Waals surface area contributed by atoms with Gasteiger partial charge in [-0.2, -0.15) is 0 Å². The number of aryl methyl sites for hydroxylation is 1. The quantitative estimate of drug-likeness (QED) is 0.778. The highest BCUT2D eigenvalue weighted by Gasteiger charge is 2.27. The van der Waals surface area contributed by atoms with Crippen LogP contribution in [-0.2, 0) is 24.1 Å². The Hall–Kier alpha value is -2.23. The van der Waals surface area contributed by atoms with Crippen LogP contribution in [0.3, 0.4) is 0 Å². The minimum atomic E-state index is -0.0489. The molecule has 1 saturated heterocycles. The zero-order valence-electron chi connectivity index (χ0n) is 15.7. The summed E-state index contributed by atoms with van der Waals surface area (Å²) < 4.78 is 0. The third kappa shape index (κ3) is 4.90. The summed E-state index contributed by atoms with van der Waals surface area (Å²) in [6, 6.07) is 17.4. The van der Waals surface area contributed by atoms with E-state index in [1.54, 1.807) is 0 Å². The molecule has 1 heterocycles. The van der Waals surface area contributed by atoms with Crippen molar-refractivity contribution in [3.05, 3.63) is 76.9 Å². The number of likely N-dealkylation sites (N-methyl/N-ethyl adjacent to an activating group) is 1. The molecule has 0 aromatic heterocycles. The second-order valence-electron chi connectivity index (χ2n) is 7.09. The molecule has 0 radical (unpaired) electrons. The van der Waals surface area contributed by atoms with Crippen LogP contribution in [0.5, 0.6) is 0 Å². The van der Waals surface area contributed by atoms with Crippen LogP contribution < -0.4 is 5.32 Å². The first-order chi connectivity index (χ1) is 12.7. The molecule has 0 spiro atoms. The van der Waals surface area contributed by atoms with Crippen molar-refractivity contribution in [1.82, 2.24) is 10.2 Å². The zero-order chi connectivity index (χ0) is 18.4. The molecule has 2 atom stereocenters. The first kappa shape index (κ1) is 18.6. The lowest BCUT2D eigenvalue weighted by atomic mass is 10.0. The van der Waals surface area contributed by atoms with Gasteiger partial charge in [0.15, 0.2) is 0 Å².